The van der Waals surface area contributed by atoms with E-state index in [1.54, 1.807) is 11.9 Å². The molecule has 1 atom stereocenters. The number of para-hydroxylation sites is 1. The van der Waals surface area contributed by atoms with Crippen molar-refractivity contribution in [2.45, 2.75) is 19.4 Å². The summed E-state index contributed by atoms with van der Waals surface area (Å²) >= 11 is 0. The van der Waals surface area contributed by atoms with Crippen LogP contribution in [0.4, 0.5) is 5.69 Å². The minimum Gasteiger partial charge on any atom is -0.357 e. The summed E-state index contributed by atoms with van der Waals surface area (Å²) in [6.45, 7) is 1.48. The second-order valence-corrected chi connectivity index (χ2v) is 3.85. The fraction of sp³-hybridized carbons (Fsp3) is 0.333. The van der Waals surface area contributed by atoms with Gasteiger partial charge in [-0.15, -0.1) is 0 Å². The molecular weight excluding hydrogens is 204 g/mol. The van der Waals surface area contributed by atoms with Crippen molar-refractivity contribution in [3.63, 3.8) is 0 Å². The Morgan fingerprint density at radius 2 is 2.06 bits per heavy atom. The van der Waals surface area contributed by atoms with E-state index in [1.165, 1.54) is 6.92 Å². The first-order valence-corrected chi connectivity index (χ1v) is 5.24. The van der Waals surface area contributed by atoms with Crippen LogP contribution in [0.2, 0.25) is 0 Å². The molecule has 0 spiro atoms. The zero-order chi connectivity index (χ0) is 11.7. The fourth-order valence-electron chi connectivity index (χ4n) is 2.15. The summed E-state index contributed by atoms with van der Waals surface area (Å²) in [4.78, 5) is 24.8. The van der Waals surface area contributed by atoms with Gasteiger partial charge in [0.1, 0.15) is 6.04 Å². The highest BCUT2D eigenvalue weighted by molar-refractivity contribution is 6.02. The Bertz CT molecular complexity index is 442. The van der Waals surface area contributed by atoms with E-state index in [2.05, 4.69) is 5.32 Å². The smallest absolute Gasteiger partial charge is 0.243 e. The lowest BCUT2D eigenvalue weighted by Gasteiger charge is -2.22. The third-order valence-electron chi connectivity index (χ3n) is 2.86. The third-order valence-corrected chi connectivity index (χ3v) is 2.86. The first-order chi connectivity index (χ1) is 7.65. The highest BCUT2D eigenvalue weighted by Gasteiger charge is 2.35. The van der Waals surface area contributed by atoms with E-state index in [0.717, 1.165) is 11.3 Å². The maximum Gasteiger partial charge on any atom is 0.243 e. The molecule has 0 aliphatic carbocycles. The Hall–Kier alpha value is -1.84. The van der Waals surface area contributed by atoms with Crippen LogP contribution in [-0.2, 0) is 16.0 Å². The molecule has 0 saturated heterocycles. The number of benzene rings is 1. The molecule has 1 N–H and O–H groups in total. The Balaban J connectivity index is 2.41. The zero-order valence-corrected chi connectivity index (χ0v) is 9.36. The lowest BCUT2D eigenvalue weighted by molar-refractivity contribution is -0.125. The van der Waals surface area contributed by atoms with Gasteiger partial charge in [-0.25, -0.2) is 0 Å². The van der Waals surface area contributed by atoms with Crippen LogP contribution in [-0.4, -0.2) is 24.9 Å². The number of anilines is 1. The molecule has 1 heterocycles. The van der Waals surface area contributed by atoms with Crippen molar-refractivity contribution in [3.05, 3.63) is 29.8 Å². The highest BCUT2D eigenvalue weighted by atomic mass is 16.2. The number of hydrogen-bond donors (Lipinski definition) is 1. The van der Waals surface area contributed by atoms with Crippen molar-refractivity contribution < 1.29 is 9.59 Å². The van der Waals surface area contributed by atoms with Crippen molar-refractivity contribution in [1.82, 2.24) is 5.32 Å². The number of fused-ring (bicyclic) bond motifs is 1. The molecule has 2 rings (SSSR count). The second kappa shape index (κ2) is 3.96. The summed E-state index contributed by atoms with van der Waals surface area (Å²) in [5.41, 5.74) is 1.90. The molecule has 0 radical (unpaired) electrons. The van der Waals surface area contributed by atoms with Crippen molar-refractivity contribution in [3.8, 4) is 0 Å². The summed E-state index contributed by atoms with van der Waals surface area (Å²) in [6, 6.07) is 7.22. The van der Waals surface area contributed by atoms with Gasteiger partial charge in [-0.05, 0) is 11.6 Å². The normalized spacial score (nSPS) is 18.1. The first kappa shape index (κ1) is 10.7. The predicted octanol–water partition coefficient (Wildman–Crippen LogP) is 0.710. The van der Waals surface area contributed by atoms with E-state index in [0.29, 0.717) is 6.42 Å². The molecule has 4 nitrogen and oxygen atoms in total. The van der Waals surface area contributed by atoms with Gasteiger partial charge in [0, 0.05) is 26.1 Å². The quantitative estimate of drug-likeness (QED) is 0.754. The summed E-state index contributed by atoms with van der Waals surface area (Å²) in [5, 5.41) is 2.59. The minimum atomic E-state index is -0.403. The largest absolute Gasteiger partial charge is 0.357 e. The van der Waals surface area contributed by atoms with Crippen LogP contribution in [0.3, 0.4) is 0 Å². The maximum atomic E-state index is 11.7. The Labute approximate surface area is 94.2 Å². The van der Waals surface area contributed by atoms with E-state index in [-0.39, 0.29) is 11.8 Å². The van der Waals surface area contributed by atoms with E-state index in [4.69, 9.17) is 0 Å². The molecule has 1 aliphatic rings. The first-order valence-electron chi connectivity index (χ1n) is 5.24. The Morgan fingerprint density at radius 3 is 2.69 bits per heavy atom. The summed E-state index contributed by atoms with van der Waals surface area (Å²) < 4.78 is 0. The third kappa shape index (κ3) is 1.56. The van der Waals surface area contributed by atoms with Gasteiger partial charge in [0.05, 0.1) is 0 Å². The molecule has 16 heavy (non-hydrogen) atoms. The number of rotatable bonds is 1. The molecule has 1 aliphatic heterocycles. The molecule has 0 fully saturated rings. The van der Waals surface area contributed by atoms with E-state index in [9.17, 15) is 9.59 Å². The van der Waals surface area contributed by atoms with Gasteiger partial charge >= 0.3 is 0 Å². The Kier molecular flexibility index (Phi) is 2.64. The molecule has 0 aromatic heterocycles. The summed E-state index contributed by atoms with van der Waals surface area (Å²) in [7, 11) is 1.59. The number of amides is 2. The van der Waals surface area contributed by atoms with Gasteiger partial charge in [0.25, 0.3) is 0 Å². The van der Waals surface area contributed by atoms with Crippen LogP contribution in [0, 0.1) is 0 Å². The summed E-state index contributed by atoms with van der Waals surface area (Å²) in [6.07, 6.45) is 0.593. The molecule has 0 unspecified atom stereocenters. The molecule has 84 valence electrons. The number of carbonyl (C=O) groups is 2. The van der Waals surface area contributed by atoms with E-state index < -0.39 is 6.04 Å². The molecule has 0 bridgehead atoms. The molecule has 2 amide bonds. The number of carbonyl (C=O) groups excluding carboxylic acids is 2. The number of nitrogens with one attached hydrogen (secondary N) is 1. The molecule has 0 saturated carbocycles. The van der Waals surface area contributed by atoms with Gasteiger partial charge in [-0.3, -0.25) is 14.5 Å². The number of likely N-dealkylation sites (N-methyl/N-ethyl adjacent to an activating group) is 1. The molecule has 1 aromatic rings. The number of nitrogens with zero attached hydrogens (tertiary/aromatic N) is 1. The highest BCUT2D eigenvalue weighted by Crippen LogP contribution is 2.31. The lowest BCUT2D eigenvalue weighted by atomic mass is 10.1. The topological polar surface area (TPSA) is 49.4 Å². The van der Waals surface area contributed by atoms with Gasteiger partial charge in [0.15, 0.2) is 0 Å². The van der Waals surface area contributed by atoms with E-state index >= 15 is 0 Å². The minimum absolute atomic E-state index is 0.0986. The van der Waals surface area contributed by atoms with Crippen molar-refractivity contribution in [2.75, 3.05) is 11.9 Å². The maximum absolute atomic E-state index is 11.7. The van der Waals surface area contributed by atoms with Crippen LogP contribution in [0.15, 0.2) is 24.3 Å². The predicted molar refractivity (Wildman–Crippen MR) is 61.2 cm³/mol. The van der Waals surface area contributed by atoms with Crippen LogP contribution in [0.25, 0.3) is 0 Å². The van der Waals surface area contributed by atoms with Crippen LogP contribution in [0.1, 0.15) is 12.5 Å². The second-order valence-electron chi connectivity index (χ2n) is 3.85. The van der Waals surface area contributed by atoms with Gasteiger partial charge in [0.2, 0.25) is 11.8 Å². The van der Waals surface area contributed by atoms with E-state index in [1.807, 2.05) is 24.3 Å². The lowest BCUT2D eigenvalue weighted by Crippen LogP contribution is -2.46. The molecule has 1 aromatic carbocycles. The average molecular weight is 218 g/mol. The van der Waals surface area contributed by atoms with Gasteiger partial charge in [-0.2, -0.15) is 0 Å². The monoisotopic (exact) mass is 218 g/mol. The number of hydrogen-bond acceptors (Lipinski definition) is 2. The molecule has 4 heteroatoms. The average Bonchev–Trinajstić information content (AvgIpc) is 2.67. The van der Waals surface area contributed by atoms with Crippen LogP contribution in [0.5, 0.6) is 0 Å². The van der Waals surface area contributed by atoms with Crippen molar-refractivity contribution in [2.24, 2.45) is 0 Å². The Morgan fingerprint density at radius 1 is 1.38 bits per heavy atom. The van der Waals surface area contributed by atoms with Gasteiger partial charge in [-0.1, -0.05) is 18.2 Å². The van der Waals surface area contributed by atoms with Crippen molar-refractivity contribution >= 4 is 17.5 Å². The standard InChI is InChI=1S/C12H14N2O2/c1-8(15)14-10-6-4-3-5-9(10)7-11(14)12(16)13-2/h3-6,11H,7H2,1-2H3,(H,13,16)/t11-/m0/s1. The summed E-state index contributed by atoms with van der Waals surface area (Å²) in [5.74, 6) is -0.218. The van der Waals surface area contributed by atoms with Crippen molar-refractivity contribution in [1.29, 1.82) is 0 Å². The van der Waals surface area contributed by atoms with Gasteiger partial charge < -0.3 is 5.32 Å². The van der Waals surface area contributed by atoms with Crippen LogP contribution < -0.4 is 10.2 Å². The fourth-order valence-corrected chi connectivity index (χ4v) is 2.15. The SMILES string of the molecule is CNC(=O)[C@@H]1Cc2ccccc2N1C(C)=O. The molecular formula is C12H14N2O2. The van der Waals surface area contributed by atoms with Crippen LogP contribution >= 0.6 is 0 Å². The zero-order valence-electron chi connectivity index (χ0n) is 9.36.